The van der Waals surface area contributed by atoms with E-state index in [1.165, 1.54) is 6.33 Å². The van der Waals surface area contributed by atoms with E-state index >= 15 is 0 Å². The first-order valence-electron chi connectivity index (χ1n) is 6.53. The van der Waals surface area contributed by atoms with E-state index in [-0.39, 0.29) is 6.04 Å². The van der Waals surface area contributed by atoms with Gasteiger partial charge in [-0.25, -0.2) is 15.0 Å². The molecule has 106 valence electrons. The van der Waals surface area contributed by atoms with Crippen molar-refractivity contribution in [2.75, 3.05) is 19.4 Å². The van der Waals surface area contributed by atoms with Gasteiger partial charge in [-0.15, -0.1) is 0 Å². The molecule has 0 radical (unpaired) electrons. The van der Waals surface area contributed by atoms with Crippen LogP contribution in [0.2, 0.25) is 0 Å². The first-order valence-corrected chi connectivity index (χ1v) is 6.53. The van der Waals surface area contributed by atoms with Gasteiger partial charge in [0.15, 0.2) is 0 Å². The van der Waals surface area contributed by atoms with Crippen LogP contribution < -0.4 is 15.8 Å². The Morgan fingerprint density at radius 2 is 2.20 bits per heavy atom. The van der Waals surface area contributed by atoms with Gasteiger partial charge < -0.3 is 15.8 Å². The van der Waals surface area contributed by atoms with E-state index in [0.717, 1.165) is 17.8 Å². The molecule has 0 aliphatic carbocycles. The van der Waals surface area contributed by atoms with Crippen LogP contribution in [-0.4, -0.2) is 28.6 Å². The molecule has 20 heavy (non-hydrogen) atoms. The van der Waals surface area contributed by atoms with Crippen molar-refractivity contribution < 1.29 is 4.74 Å². The van der Waals surface area contributed by atoms with Gasteiger partial charge in [-0.1, -0.05) is 13.0 Å². The second-order valence-electron chi connectivity index (χ2n) is 4.35. The molecule has 3 N–H and O–H groups in total. The van der Waals surface area contributed by atoms with E-state index in [2.05, 4.69) is 27.2 Å². The fourth-order valence-electron chi connectivity index (χ4n) is 2.03. The second kappa shape index (κ2) is 6.81. The Labute approximate surface area is 118 Å². The fourth-order valence-corrected chi connectivity index (χ4v) is 2.03. The van der Waals surface area contributed by atoms with Crippen LogP contribution in [0.3, 0.4) is 0 Å². The summed E-state index contributed by atoms with van der Waals surface area (Å²) in [4.78, 5) is 12.5. The molecule has 6 nitrogen and oxygen atoms in total. The molecule has 0 spiro atoms. The summed E-state index contributed by atoms with van der Waals surface area (Å²) >= 11 is 0. The number of likely N-dealkylation sites (N-methyl/N-ethyl adjacent to an activating group) is 1. The average molecular weight is 273 g/mol. The van der Waals surface area contributed by atoms with Crippen molar-refractivity contribution in [3.05, 3.63) is 42.0 Å². The van der Waals surface area contributed by atoms with E-state index in [1.54, 1.807) is 13.3 Å². The maximum absolute atomic E-state index is 5.90. The zero-order valence-electron chi connectivity index (χ0n) is 11.7. The van der Waals surface area contributed by atoms with E-state index in [4.69, 9.17) is 10.5 Å². The largest absolute Gasteiger partial charge is 0.481 e. The molecule has 2 heterocycles. The molecule has 0 aliphatic rings. The highest BCUT2D eigenvalue weighted by Crippen LogP contribution is 2.21. The molecule has 2 aromatic heterocycles. The summed E-state index contributed by atoms with van der Waals surface area (Å²) in [5.41, 5.74) is 7.78. The summed E-state index contributed by atoms with van der Waals surface area (Å²) < 4.78 is 5.14. The molecular formula is C14H19N5O. The Balaban J connectivity index is 2.24. The van der Waals surface area contributed by atoms with E-state index < -0.39 is 0 Å². The lowest BCUT2D eigenvalue weighted by Crippen LogP contribution is -2.24. The third kappa shape index (κ3) is 3.42. The Hall–Kier alpha value is -2.21. The van der Waals surface area contributed by atoms with Gasteiger partial charge in [0.1, 0.15) is 12.1 Å². The minimum Gasteiger partial charge on any atom is -0.481 e. The zero-order chi connectivity index (χ0) is 14.4. The van der Waals surface area contributed by atoms with Gasteiger partial charge in [0.2, 0.25) is 5.88 Å². The third-order valence-corrected chi connectivity index (χ3v) is 3.03. The first kappa shape index (κ1) is 14.2. The maximum Gasteiger partial charge on any atom is 0.216 e. The topological polar surface area (TPSA) is 86.0 Å². The van der Waals surface area contributed by atoms with Crippen LogP contribution in [-0.2, 0) is 6.42 Å². The van der Waals surface area contributed by atoms with E-state index in [9.17, 15) is 0 Å². The van der Waals surface area contributed by atoms with Crippen molar-refractivity contribution in [3.8, 4) is 5.88 Å². The first-order chi connectivity index (χ1) is 9.74. The van der Waals surface area contributed by atoms with E-state index in [0.29, 0.717) is 18.1 Å². The molecule has 1 atom stereocenters. The van der Waals surface area contributed by atoms with E-state index in [1.807, 2.05) is 18.2 Å². The van der Waals surface area contributed by atoms with Crippen LogP contribution in [0.15, 0.2) is 30.7 Å². The average Bonchev–Trinajstić information content (AvgIpc) is 2.49. The number of anilines is 1. The van der Waals surface area contributed by atoms with Crippen molar-refractivity contribution >= 4 is 5.82 Å². The van der Waals surface area contributed by atoms with Crippen LogP contribution in [0.4, 0.5) is 5.82 Å². The summed E-state index contributed by atoms with van der Waals surface area (Å²) in [6, 6.07) is 5.74. The monoisotopic (exact) mass is 273 g/mol. The Kier molecular flexibility index (Phi) is 4.84. The van der Waals surface area contributed by atoms with Crippen LogP contribution in [0.25, 0.3) is 0 Å². The molecule has 0 aliphatic heterocycles. The number of nitrogens with one attached hydrogen (secondary N) is 1. The standard InChI is InChI=1S/C14H19N5O/c1-3-16-11(7-10-5-4-6-17-14(10)15)12-8-13(20-2)19-9-18-12/h4-6,8-9,11,16H,3,7H2,1-2H3,(H2,15,17). The number of nitrogen functional groups attached to an aromatic ring is 1. The third-order valence-electron chi connectivity index (χ3n) is 3.03. The molecule has 0 aromatic carbocycles. The number of ether oxygens (including phenoxy) is 1. The maximum atomic E-state index is 5.90. The number of aromatic nitrogens is 3. The minimum atomic E-state index is 0.0448. The lowest BCUT2D eigenvalue weighted by molar-refractivity contribution is 0.394. The van der Waals surface area contributed by atoms with Gasteiger partial charge in [-0.05, 0) is 24.6 Å². The molecule has 2 rings (SSSR count). The predicted octanol–water partition coefficient (Wildman–Crippen LogP) is 1.36. The van der Waals surface area contributed by atoms with Crippen LogP contribution in [0, 0.1) is 0 Å². The quantitative estimate of drug-likeness (QED) is 0.826. The number of methoxy groups -OCH3 is 1. The number of hydrogen-bond donors (Lipinski definition) is 2. The molecule has 0 fully saturated rings. The Morgan fingerprint density at radius 1 is 1.35 bits per heavy atom. The molecule has 0 saturated carbocycles. The highest BCUT2D eigenvalue weighted by molar-refractivity contribution is 5.39. The summed E-state index contributed by atoms with van der Waals surface area (Å²) in [7, 11) is 1.59. The highest BCUT2D eigenvalue weighted by atomic mass is 16.5. The summed E-state index contributed by atoms with van der Waals surface area (Å²) in [5, 5.41) is 3.40. The molecule has 0 bridgehead atoms. The fraction of sp³-hybridized carbons (Fsp3) is 0.357. The van der Waals surface area contributed by atoms with Crippen LogP contribution in [0.1, 0.15) is 24.2 Å². The smallest absolute Gasteiger partial charge is 0.216 e. The molecule has 1 unspecified atom stereocenters. The van der Waals surface area contributed by atoms with Crippen LogP contribution >= 0.6 is 0 Å². The van der Waals surface area contributed by atoms with Crippen molar-refractivity contribution in [3.63, 3.8) is 0 Å². The summed E-state index contributed by atoms with van der Waals surface area (Å²) in [6.07, 6.45) is 3.91. The molecule has 0 saturated heterocycles. The Morgan fingerprint density at radius 3 is 2.90 bits per heavy atom. The van der Waals surface area contributed by atoms with Gasteiger partial charge in [-0.3, -0.25) is 0 Å². The number of nitrogens with two attached hydrogens (primary N) is 1. The number of pyridine rings is 1. The summed E-state index contributed by atoms with van der Waals surface area (Å²) in [6.45, 7) is 2.88. The molecular weight excluding hydrogens is 254 g/mol. The lowest BCUT2D eigenvalue weighted by Gasteiger charge is -2.18. The van der Waals surface area contributed by atoms with Crippen molar-refractivity contribution in [1.82, 2.24) is 20.3 Å². The normalized spacial score (nSPS) is 12.1. The van der Waals surface area contributed by atoms with Gasteiger partial charge in [0.25, 0.3) is 0 Å². The van der Waals surface area contributed by atoms with Crippen molar-refractivity contribution in [2.24, 2.45) is 0 Å². The zero-order valence-corrected chi connectivity index (χ0v) is 11.7. The predicted molar refractivity (Wildman–Crippen MR) is 77.4 cm³/mol. The molecule has 0 amide bonds. The van der Waals surface area contributed by atoms with Crippen molar-refractivity contribution in [1.29, 1.82) is 0 Å². The van der Waals surface area contributed by atoms with Gasteiger partial charge in [-0.2, -0.15) is 0 Å². The minimum absolute atomic E-state index is 0.0448. The highest BCUT2D eigenvalue weighted by Gasteiger charge is 2.15. The van der Waals surface area contributed by atoms with Gasteiger partial charge in [0.05, 0.1) is 18.8 Å². The number of nitrogens with zero attached hydrogens (tertiary/aromatic N) is 3. The molecule has 6 heteroatoms. The summed E-state index contributed by atoms with van der Waals surface area (Å²) in [5.74, 6) is 1.11. The second-order valence-corrected chi connectivity index (χ2v) is 4.35. The van der Waals surface area contributed by atoms with Gasteiger partial charge in [0, 0.05) is 12.3 Å². The molecule has 2 aromatic rings. The lowest BCUT2D eigenvalue weighted by atomic mass is 10.0. The Bertz CT molecular complexity index is 561. The number of rotatable bonds is 6. The van der Waals surface area contributed by atoms with Crippen molar-refractivity contribution in [2.45, 2.75) is 19.4 Å². The van der Waals surface area contributed by atoms with Gasteiger partial charge >= 0.3 is 0 Å². The SMILES string of the molecule is CCNC(Cc1cccnc1N)c1cc(OC)ncn1. The van der Waals surface area contributed by atoms with Crippen LogP contribution in [0.5, 0.6) is 5.88 Å². The number of hydrogen-bond acceptors (Lipinski definition) is 6.